The number of carbonyl (C=O) groups excluding carboxylic acids is 1. The quantitative estimate of drug-likeness (QED) is 0.0243. The molecule has 0 heterocycles. The third-order valence-electron chi connectivity index (χ3n) is 11.6. The molecule has 0 aliphatic heterocycles. The number of unbranched alkanes of at least 4 members (excludes halogenated alkanes) is 30. The third-order valence-corrected chi connectivity index (χ3v) is 12.6. The number of rotatable bonds is 47. The third kappa shape index (κ3) is 46.5. The van der Waals surface area contributed by atoms with Crippen molar-refractivity contribution in [1.82, 2.24) is 5.32 Å². The van der Waals surface area contributed by atoms with Gasteiger partial charge in [0, 0.05) is 6.42 Å². The van der Waals surface area contributed by atoms with Crippen molar-refractivity contribution >= 4 is 13.7 Å². The number of phosphoric acid groups is 1. The van der Waals surface area contributed by atoms with E-state index in [9.17, 15) is 19.4 Å². The summed E-state index contributed by atoms with van der Waals surface area (Å²) in [7, 11) is 1.57. The summed E-state index contributed by atoms with van der Waals surface area (Å²) < 4.78 is 23.6. The number of allylic oxidation sites excluding steroid dienone is 5. The summed E-state index contributed by atoms with van der Waals surface area (Å²) in [5.41, 5.74) is 0. The van der Waals surface area contributed by atoms with Gasteiger partial charge in [0.05, 0.1) is 39.9 Å². The number of amides is 1. The molecule has 0 aliphatic carbocycles. The molecule has 0 rings (SSSR count). The first-order valence-corrected chi connectivity index (χ1v) is 27.4. The van der Waals surface area contributed by atoms with E-state index in [1.165, 1.54) is 167 Å². The van der Waals surface area contributed by atoms with Gasteiger partial charge in [-0.2, -0.15) is 0 Å². The largest absolute Gasteiger partial charge is 0.472 e. The van der Waals surface area contributed by atoms with Crippen molar-refractivity contribution in [2.75, 3.05) is 40.9 Å². The van der Waals surface area contributed by atoms with E-state index in [2.05, 4.69) is 43.5 Å². The lowest BCUT2D eigenvalue weighted by Gasteiger charge is -2.25. The van der Waals surface area contributed by atoms with Gasteiger partial charge in [0.2, 0.25) is 5.91 Å². The topological polar surface area (TPSA) is 105 Å². The molecule has 1 amide bonds. The van der Waals surface area contributed by atoms with Crippen LogP contribution in [0.5, 0.6) is 0 Å². The number of nitrogens with zero attached hydrogens (tertiary/aromatic N) is 1. The fraction of sp³-hybridized carbons (Fsp3) is 0.865. The summed E-state index contributed by atoms with van der Waals surface area (Å²) >= 11 is 0. The molecule has 0 fully saturated rings. The minimum Gasteiger partial charge on any atom is -0.387 e. The predicted octanol–water partition coefficient (Wildman–Crippen LogP) is 15.0. The van der Waals surface area contributed by atoms with Crippen LogP contribution in [0.4, 0.5) is 0 Å². The number of phosphoric ester groups is 1. The molecule has 0 saturated carbocycles. The molecule has 9 heteroatoms. The molecule has 0 saturated heterocycles. The fourth-order valence-electron chi connectivity index (χ4n) is 7.48. The van der Waals surface area contributed by atoms with Crippen LogP contribution in [0.15, 0.2) is 36.5 Å². The summed E-state index contributed by atoms with van der Waals surface area (Å²) in [6, 6.07) is -0.850. The van der Waals surface area contributed by atoms with Crippen molar-refractivity contribution in [2.45, 2.75) is 251 Å². The van der Waals surface area contributed by atoms with Crippen LogP contribution in [0.1, 0.15) is 239 Å². The van der Waals surface area contributed by atoms with E-state index < -0.39 is 20.0 Å². The molecule has 0 aromatic rings. The average molecular weight is 882 g/mol. The van der Waals surface area contributed by atoms with E-state index >= 15 is 0 Å². The first kappa shape index (κ1) is 59.7. The minimum atomic E-state index is -4.34. The summed E-state index contributed by atoms with van der Waals surface area (Å²) in [4.78, 5) is 23.2. The van der Waals surface area contributed by atoms with Crippen LogP contribution in [0.3, 0.4) is 0 Å². The molecule has 61 heavy (non-hydrogen) atoms. The van der Waals surface area contributed by atoms with Crippen molar-refractivity contribution in [1.29, 1.82) is 0 Å². The number of carbonyl (C=O) groups is 1. The van der Waals surface area contributed by atoms with Gasteiger partial charge in [-0.15, -0.1) is 0 Å². The summed E-state index contributed by atoms with van der Waals surface area (Å²) in [5.74, 6) is -0.183. The molecular formula is C52H102N2O6P+. The lowest BCUT2D eigenvalue weighted by atomic mass is 10.0. The molecule has 3 N–H and O–H groups in total. The van der Waals surface area contributed by atoms with Gasteiger partial charge < -0.3 is 19.8 Å². The molecule has 8 nitrogen and oxygen atoms in total. The standard InChI is InChI=1S/C52H101N2O6P/c1-6-8-10-12-14-16-18-20-22-24-25-26-27-28-29-30-32-34-36-38-40-42-44-46-52(56)53-50(49-60-61(57,58)59-48-47-54(3,4)5)51(55)45-43-41-39-37-35-33-31-23-21-19-17-15-13-11-9-7-2/h25-26,28-29,43,45,50-51,55H,6-24,27,30-42,44,46-49H2,1-5H3,(H-,53,56,57,58)/p+1/b26-25-,29-28-,45-43+. The van der Waals surface area contributed by atoms with E-state index in [0.29, 0.717) is 17.4 Å². The number of aliphatic hydroxyl groups excluding tert-OH is 1. The number of hydrogen-bond donors (Lipinski definition) is 3. The van der Waals surface area contributed by atoms with Gasteiger partial charge in [0.25, 0.3) is 0 Å². The van der Waals surface area contributed by atoms with Crippen LogP contribution in [0.25, 0.3) is 0 Å². The van der Waals surface area contributed by atoms with E-state index in [0.717, 1.165) is 51.4 Å². The summed E-state index contributed by atoms with van der Waals surface area (Å²) in [6.45, 7) is 4.82. The first-order valence-electron chi connectivity index (χ1n) is 25.9. The SMILES string of the molecule is CCCCCCCCCCC/C=C\C/C=C\CCCCCCCCCC(=O)NC(COP(=O)(O)OCC[N+](C)(C)C)C(O)/C=C/CCCCCCCCCCCCCCCC. The Hall–Kier alpha value is -1.28. The summed E-state index contributed by atoms with van der Waals surface area (Å²) in [5, 5.41) is 13.9. The van der Waals surface area contributed by atoms with Gasteiger partial charge in [0.15, 0.2) is 0 Å². The van der Waals surface area contributed by atoms with Gasteiger partial charge in [-0.05, 0) is 51.4 Å². The van der Waals surface area contributed by atoms with Crippen molar-refractivity contribution < 1.29 is 32.9 Å². The maximum absolute atomic E-state index is 12.9. The molecular weight excluding hydrogens is 780 g/mol. The lowest BCUT2D eigenvalue weighted by Crippen LogP contribution is -2.45. The van der Waals surface area contributed by atoms with Crippen LogP contribution in [-0.4, -0.2) is 73.4 Å². The second-order valence-corrected chi connectivity index (χ2v) is 20.4. The normalized spacial score (nSPS) is 14.4. The average Bonchev–Trinajstić information content (AvgIpc) is 3.21. The van der Waals surface area contributed by atoms with Gasteiger partial charge in [-0.1, -0.05) is 217 Å². The molecule has 0 spiro atoms. The maximum atomic E-state index is 12.9. The second kappa shape index (κ2) is 43.9. The molecule has 3 atom stereocenters. The Morgan fingerprint density at radius 1 is 0.557 bits per heavy atom. The highest BCUT2D eigenvalue weighted by Gasteiger charge is 2.27. The monoisotopic (exact) mass is 882 g/mol. The van der Waals surface area contributed by atoms with Crippen molar-refractivity contribution in [3.63, 3.8) is 0 Å². The fourth-order valence-corrected chi connectivity index (χ4v) is 8.22. The number of hydrogen-bond acceptors (Lipinski definition) is 5. The second-order valence-electron chi connectivity index (χ2n) is 18.9. The smallest absolute Gasteiger partial charge is 0.387 e. The number of quaternary nitrogens is 1. The number of nitrogens with one attached hydrogen (secondary N) is 1. The highest BCUT2D eigenvalue weighted by molar-refractivity contribution is 7.47. The Balaban J connectivity index is 4.30. The van der Waals surface area contributed by atoms with Crippen LogP contribution >= 0.6 is 7.82 Å². The molecule has 0 bridgehead atoms. The number of aliphatic hydroxyl groups is 1. The number of likely N-dealkylation sites (N-methyl/N-ethyl adjacent to an activating group) is 1. The van der Waals surface area contributed by atoms with Gasteiger partial charge in [-0.3, -0.25) is 13.8 Å². The highest BCUT2D eigenvalue weighted by atomic mass is 31.2. The van der Waals surface area contributed by atoms with Gasteiger partial charge >= 0.3 is 7.82 Å². The van der Waals surface area contributed by atoms with Gasteiger partial charge in [0.1, 0.15) is 13.2 Å². The molecule has 0 aromatic heterocycles. The van der Waals surface area contributed by atoms with Gasteiger partial charge in [-0.25, -0.2) is 4.57 Å². The lowest BCUT2D eigenvalue weighted by molar-refractivity contribution is -0.870. The minimum absolute atomic E-state index is 0.0599. The Kier molecular flexibility index (Phi) is 43.0. The molecule has 3 unspecified atom stereocenters. The van der Waals surface area contributed by atoms with Crippen molar-refractivity contribution in [3.8, 4) is 0 Å². The molecule has 360 valence electrons. The molecule has 0 aromatic carbocycles. The zero-order valence-corrected chi connectivity index (χ0v) is 41.8. The summed E-state index contributed by atoms with van der Waals surface area (Å²) in [6.07, 6.45) is 55.1. The Bertz CT molecular complexity index is 1090. The highest BCUT2D eigenvalue weighted by Crippen LogP contribution is 2.43. The van der Waals surface area contributed by atoms with E-state index in [1.807, 2.05) is 27.2 Å². The molecule has 0 aliphatic rings. The van der Waals surface area contributed by atoms with Crippen molar-refractivity contribution in [2.24, 2.45) is 0 Å². The van der Waals surface area contributed by atoms with Crippen LogP contribution in [0.2, 0.25) is 0 Å². The Morgan fingerprint density at radius 3 is 1.34 bits per heavy atom. The van der Waals surface area contributed by atoms with Crippen LogP contribution in [-0.2, 0) is 18.4 Å². The van der Waals surface area contributed by atoms with Crippen molar-refractivity contribution in [3.05, 3.63) is 36.5 Å². The van der Waals surface area contributed by atoms with E-state index in [4.69, 9.17) is 9.05 Å². The predicted molar refractivity (Wildman–Crippen MR) is 263 cm³/mol. The van der Waals surface area contributed by atoms with E-state index in [1.54, 1.807) is 6.08 Å². The Morgan fingerprint density at radius 2 is 0.934 bits per heavy atom. The molecule has 0 radical (unpaired) electrons. The van der Waals surface area contributed by atoms with E-state index in [-0.39, 0.29) is 19.1 Å². The zero-order valence-electron chi connectivity index (χ0n) is 40.9. The first-order chi connectivity index (χ1) is 29.5. The van der Waals surface area contributed by atoms with Crippen LogP contribution < -0.4 is 5.32 Å². The zero-order chi connectivity index (χ0) is 45.0. The van der Waals surface area contributed by atoms with Crippen LogP contribution in [0, 0.1) is 0 Å². The Labute approximate surface area is 378 Å². The maximum Gasteiger partial charge on any atom is 0.472 e.